The van der Waals surface area contributed by atoms with Crippen molar-refractivity contribution in [2.24, 2.45) is 5.09 Å². The molecule has 102 valence electrons. The number of carbonyl (C=O) groups excluding carboxylic acids is 1. The molecule has 1 aromatic carbocycles. The van der Waals surface area contributed by atoms with Gasteiger partial charge in [-0.15, -0.1) is 0 Å². The highest BCUT2D eigenvalue weighted by Gasteiger charge is 2.23. The largest absolute Gasteiger partial charge is 0.517 e. The van der Waals surface area contributed by atoms with Gasteiger partial charge in [-0.2, -0.15) is 4.91 Å². The minimum Gasteiger partial charge on any atom is -0.425 e. The van der Waals surface area contributed by atoms with Gasteiger partial charge in [0.25, 0.3) is 5.91 Å². The maximum absolute atomic E-state index is 13.7. The van der Waals surface area contributed by atoms with Crippen LogP contribution in [0.3, 0.4) is 0 Å². The predicted octanol–water partition coefficient (Wildman–Crippen LogP) is 0.828. The summed E-state index contributed by atoms with van der Waals surface area (Å²) < 4.78 is 18.2. The molecule has 0 unspecified atom stereocenters. The molecule has 0 bridgehead atoms. The molecule has 0 spiro atoms. The maximum Gasteiger partial charge on any atom is 0.517 e. The van der Waals surface area contributed by atoms with Crippen molar-refractivity contribution < 1.29 is 18.7 Å². The number of rotatable bonds is 4. The third kappa shape index (κ3) is 2.72. The van der Waals surface area contributed by atoms with E-state index in [1.54, 1.807) is 0 Å². The number of benzene rings is 1. The number of hydrogen-bond donors (Lipinski definition) is 2. The Labute approximate surface area is 112 Å². The molecule has 0 saturated heterocycles. The zero-order chi connectivity index (χ0) is 14.7. The fourth-order valence-corrected chi connectivity index (χ4v) is 1.62. The van der Waals surface area contributed by atoms with Crippen molar-refractivity contribution in [2.75, 3.05) is 5.32 Å². The number of nitrogens with one attached hydrogen (secondary N) is 1. The molecule has 0 aliphatic rings. The number of nitrogens with zero attached hydrogens (tertiary/aromatic N) is 2. The molecular weight excluding hydrogens is 268 g/mol. The standard InChI is InChI=1S/C11H9BFN3O4/c1-6-8(12(18)16-19)4-7(5-9(6)13)11(17)14-10-2-3-20-15-10/h2-5,18H,1H3,(H,14,15,17). The van der Waals surface area contributed by atoms with E-state index in [0.717, 1.165) is 6.07 Å². The molecule has 0 saturated carbocycles. The molecule has 2 N–H and O–H groups in total. The van der Waals surface area contributed by atoms with Crippen molar-refractivity contribution >= 4 is 24.2 Å². The van der Waals surface area contributed by atoms with E-state index in [2.05, 4.69) is 20.1 Å². The lowest BCUT2D eigenvalue weighted by molar-refractivity contribution is 0.102. The molecule has 2 rings (SSSR count). The molecule has 20 heavy (non-hydrogen) atoms. The first-order chi connectivity index (χ1) is 9.52. The lowest BCUT2D eigenvalue weighted by atomic mass is 9.72. The fourth-order valence-electron chi connectivity index (χ4n) is 1.62. The number of aromatic nitrogens is 1. The van der Waals surface area contributed by atoms with Crippen molar-refractivity contribution in [2.45, 2.75) is 6.92 Å². The van der Waals surface area contributed by atoms with Gasteiger partial charge < -0.3 is 14.9 Å². The van der Waals surface area contributed by atoms with Crippen LogP contribution in [-0.2, 0) is 0 Å². The van der Waals surface area contributed by atoms with Gasteiger partial charge in [-0.05, 0) is 30.1 Å². The Kier molecular flexibility index (Phi) is 3.90. The second kappa shape index (κ2) is 5.62. The normalized spacial score (nSPS) is 10.2. The van der Waals surface area contributed by atoms with Gasteiger partial charge in [-0.3, -0.25) is 4.79 Å². The Hall–Kier alpha value is -2.55. The van der Waals surface area contributed by atoms with Crippen molar-refractivity contribution in [1.29, 1.82) is 0 Å². The average Bonchev–Trinajstić information content (AvgIpc) is 2.93. The van der Waals surface area contributed by atoms with Crippen LogP contribution < -0.4 is 10.8 Å². The van der Waals surface area contributed by atoms with Crippen molar-refractivity contribution in [3.63, 3.8) is 0 Å². The van der Waals surface area contributed by atoms with Gasteiger partial charge in [-0.1, -0.05) is 10.2 Å². The van der Waals surface area contributed by atoms with Gasteiger partial charge in [0.15, 0.2) is 5.82 Å². The van der Waals surface area contributed by atoms with E-state index >= 15 is 0 Å². The third-order valence-corrected chi connectivity index (χ3v) is 2.70. The second-order valence-corrected chi connectivity index (χ2v) is 3.99. The van der Waals surface area contributed by atoms with Crippen LogP contribution in [0.4, 0.5) is 10.2 Å². The third-order valence-electron chi connectivity index (χ3n) is 2.70. The summed E-state index contributed by atoms with van der Waals surface area (Å²) in [5, 5.41) is 17.7. The van der Waals surface area contributed by atoms with Gasteiger partial charge in [0, 0.05) is 11.6 Å². The zero-order valence-electron chi connectivity index (χ0n) is 10.3. The molecule has 9 heteroatoms. The molecule has 0 radical (unpaired) electrons. The fraction of sp³-hybridized carbons (Fsp3) is 0.0909. The summed E-state index contributed by atoms with van der Waals surface area (Å²) in [6.45, 7) is 1.37. The van der Waals surface area contributed by atoms with Crippen LogP contribution >= 0.6 is 0 Å². The number of amides is 1. The molecule has 2 aromatic rings. The monoisotopic (exact) mass is 277 g/mol. The first-order valence-electron chi connectivity index (χ1n) is 5.55. The van der Waals surface area contributed by atoms with E-state index < -0.39 is 18.8 Å². The van der Waals surface area contributed by atoms with Crippen LogP contribution in [0.25, 0.3) is 0 Å². The SMILES string of the molecule is Cc1c(F)cc(C(=O)Nc2ccon2)cc1B(O)N=O. The van der Waals surface area contributed by atoms with E-state index in [4.69, 9.17) is 0 Å². The smallest absolute Gasteiger partial charge is 0.425 e. The van der Waals surface area contributed by atoms with E-state index in [1.165, 1.54) is 25.3 Å². The van der Waals surface area contributed by atoms with E-state index in [1.807, 2.05) is 0 Å². The summed E-state index contributed by atoms with van der Waals surface area (Å²) in [6.07, 6.45) is 1.26. The number of carbonyl (C=O) groups is 1. The molecule has 0 aliphatic carbocycles. The molecular formula is C11H9BFN3O4. The maximum atomic E-state index is 13.7. The van der Waals surface area contributed by atoms with Gasteiger partial charge in [0.1, 0.15) is 12.1 Å². The number of halogens is 1. The molecule has 0 aliphatic heterocycles. The van der Waals surface area contributed by atoms with Crippen LogP contribution in [0.2, 0.25) is 0 Å². The summed E-state index contributed by atoms with van der Waals surface area (Å²) in [5.41, 5.74) is -0.0887. The Morgan fingerprint density at radius 3 is 2.90 bits per heavy atom. The summed E-state index contributed by atoms with van der Waals surface area (Å²) in [7, 11) is -1.73. The Morgan fingerprint density at radius 2 is 2.30 bits per heavy atom. The highest BCUT2D eigenvalue weighted by atomic mass is 19.1. The van der Waals surface area contributed by atoms with E-state index in [-0.39, 0.29) is 22.4 Å². The van der Waals surface area contributed by atoms with Crippen LogP contribution in [0.5, 0.6) is 0 Å². The number of anilines is 1. The van der Waals surface area contributed by atoms with E-state index in [0.29, 0.717) is 0 Å². The van der Waals surface area contributed by atoms with E-state index in [9.17, 15) is 19.1 Å². The minimum atomic E-state index is -1.73. The second-order valence-electron chi connectivity index (χ2n) is 3.99. The highest BCUT2D eigenvalue weighted by Crippen LogP contribution is 2.11. The van der Waals surface area contributed by atoms with Gasteiger partial charge in [0.2, 0.25) is 0 Å². The van der Waals surface area contributed by atoms with Crippen LogP contribution in [0.15, 0.2) is 34.1 Å². The first kappa shape index (κ1) is 13.9. The van der Waals surface area contributed by atoms with Gasteiger partial charge in [-0.25, -0.2) is 4.39 Å². The van der Waals surface area contributed by atoms with Crippen LogP contribution in [0.1, 0.15) is 15.9 Å². The molecule has 7 nitrogen and oxygen atoms in total. The van der Waals surface area contributed by atoms with Crippen molar-refractivity contribution in [3.05, 3.63) is 46.3 Å². The Bertz CT molecular complexity index is 647. The minimum absolute atomic E-state index is 0.0510. The lowest BCUT2D eigenvalue weighted by Gasteiger charge is -2.08. The lowest BCUT2D eigenvalue weighted by Crippen LogP contribution is -2.32. The van der Waals surface area contributed by atoms with Gasteiger partial charge >= 0.3 is 7.05 Å². The average molecular weight is 277 g/mol. The predicted molar refractivity (Wildman–Crippen MR) is 69.0 cm³/mol. The number of nitroso groups, excluding NO2 is 1. The summed E-state index contributed by atoms with van der Waals surface area (Å²) in [4.78, 5) is 22.2. The zero-order valence-corrected chi connectivity index (χ0v) is 10.3. The van der Waals surface area contributed by atoms with Gasteiger partial charge in [0.05, 0.1) is 0 Å². The molecule has 0 fully saturated rings. The van der Waals surface area contributed by atoms with Crippen LogP contribution in [0, 0.1) is 17.6 Å². The van der Waals surface area contributed by atoms with Crippen molar-refractivity contribution in [3.8, 4) is 0 Å². The number of hydrogen-bond acceptors (Lipinski definition) is 6. The summed E-state index contributed by atoms with van der Waals surface area (Å²) in [6, 6.07) is 3.59. The molecule has 0 atom stereocenters. The highest BCUT2D eigenvalue weighted by molar-refractivity contribution is 6.64. The topological polar surface area (TPSA) is 105 Å². The van der Waals surface area contributed by atoms with Crippen molar-refractivity contribution in [1.82, 2.24) is 5.16 Å². The summed E-state index contributed by atoms with van der Waals surface area (Å²) >= 11 is 0. The molecule has 1 amide bonds. The Balaban J connectivity index is 2.34. The quantitative estimate of drug-likeness (QED) is 0.636. The molecule has 1 heterocycles. The van der Waals surface area contributed by atoms with Crippen LogP contribution in [-0.4, -0.2) is 23.1 Å². The Morgan fingerprint density at radius 1 is 1.55 bits per heavy atom. The molecule has 1 aromatic heterocycles. The summed E-state index contributed by atoms with van der Waals surface area (Å²) in [5.74, 6) is -1.22. The first-order valence-corrected chi connectivity index (χ1v) is 5.55.